The smallest absolute Gasteiger partial charge is 0.275 e. The van der Waals surface area contributed by atoms with E-state index in [-0.39, 0.29) is 11.7 Å². The first-order valence-electron chi connectivity index (χ1n) is 7.85. The van der Waals surface area contributed by atoms with Crippen LogP contribution in [0.1, 0.15) is 23.5 Å². The van der Waals surface area contributed by atoms with Crippen molar-refractivity contribution in [1.29, 1.82) is 0 Å². The zero-order chi connectivity index (χ0) is 17.2. The lowest BCUT2D eigenvalue weighted by atomic mass is 10.2. The van der Waals surface area contributed by atoms with E-state index in [9.17, 15) is 4.79 Å². The van der Waals surface area contributed by atoms with Crippen molar-refractivity contribution in [1.82, 2.24) is 24.8 Å². The molecule has 1 atom stereocenters. The molecule has 11 heteroatoms. The highest BCUT2D eigenvalue weighted by molar-refractivity contribution is 8.00. The number of rotatable bonds is 6. The molecule has 0 unspecified atom stereocenters. The maximum absolute atomic E-state index is 11.9. The fourth-order valence-corrected chi connectivity index (χ4v) is 5.18. The monoisotopic (exact) mass is 396 g/mol. The number of nitrogens with zero attached hydrogens (tertiary/aromatic N) is 5. The van der Waals surface area contributed by atoms with Crippen LogP contribution in [0.15, 0.2) is 15.2 Å². The van der Waals surface area contributed by atoms with Gasteiger partial charge < -0.3 is 10.1 Å². The predicted octanol–water partition coefficient (Wildman–Crippen LogP) is 2.19. The summed E-state index contributed by atoms with van der Waals surface area (Å²) in [4.78, 5) is 16.9. The molecule has 1 fully saturated rings. The molecule has 0 bridgehead atoms. The van der Waals surface area contributed by atoms with E-state index >= 15 is 0 Å². The zero-order valence-electron chi connectivity index (χ0n) is 13.5. The predicted molar refractivity (Wildman–Crippen MR) is 98.8 cm³/mol. The van der Waals surface area contributed by atoms with Crippen molar-refractivity contribution in [2.24, 2.45) is 0 Å². The second-order valence-electron chi connectivity index (χ2n) is 5.60. The van der Waals surface area contributed by atoms with Crippen LogP contribution in [0, 0.1) is 6.92 Å². The Hall–Kier alpha value is -1.56. The Balaban J connectivity index is 1.36. The molecular weight excluding hydrogens is 380 g/mol. The number of hydrogen-bond donors (Lipinski definition) is 1. The molecule has 0 spiro atoms. The number of thioether (sulfide) groups is 1. The van der Waals surface area contributed by atoms with Gasteiger partial charge in [-0.3, -0.25) is 4.79 Å². The van der Waals surface area contributed by atoms with Gasteiger partial charge in [0.25, 0.3) is 5.56 Å². The minimum absolute atomic E-state index is 0.147. The third-order valence-corrected chi connectivity index (χ3v) is 6.76. The third kappa shape index (κ3) is 4.00. The molecule has 0 aromatic carbocycles. The first-order chi connectivity index (χ1) is 12.2. The van der Waals surface area contributed by atoms with Gasteiger partial charge in [0.15, 0.2) is 4.34 Å². The van der Waals surface area contributed by atoms with Gasteiger partial charge in [-0.05, 0) is 19.8 Å². The van der Waals surface area contributed by atoms with Gasteiger partial charge in [-0.15, -0.1) is 10.2 Å². The van der Waals surface area contributed by atoms with Gasteiger partial charge in [-0.1, -0.05) is 34.4 Å². The quantitative estimate of drug-likeness (QED) is 0.634. The number of hydrogen-bond acceptors (Lipinski definition) is 10. The molecule has 4 rings (SSSR count). The lowest BCUT2D eigenvalue weighted by Gasteiger charge is -2.08. The lowest BCUT2D eigenvalue weighted by Crippen LogP contribution is -2.18. The van der Waals surface area contributed by atoms with Gasteiger partial charge in [0, 0.05) is 24.9 Å². The van der Waals surface area contributed by atoms with Crippen LogP contribution in [-0.4, -0.2) is 44.1 Å². The highest BCUT2D eigenvalue weighted by Gasteiger charge is 2.16. The number of ether oxygens (including phenoxy) is 1. The zero-order valence-corrected chi connectivity index (χ0v) is 15.9. The van der Waals surface area contributed by atoms with Crippen LogP contribution in [0.25, 0.3) is 4.96 Å². The molecule has 0 radical (unpaired) electrons. The highest BCUT2D eigenvalue weighted by Crippen LogP contribution is 2.29. The van der Waals surface area contributed by atoms with Crippen molar-refractivity contribution in [2.45, 2.75) is 36.0 Å². The van der Waals surface area contributed by atoms with Crippen LogP contribution in [0.4, 0.5) is 5.13 Å². The number of anilines is 1. The molecule has 8 nitrogen and oxygen atoms in total. The summed E-state index contributed by atoms with van der Waals surface area (Å²) in [5.41, 5.74) is 0.561. The van der Waals surface area contributed by atoms with E-state index in [1.54, 1.807) is 11.8 Å². The van der Waals surface area contributed by atoms with Crippen molar-refractivity contribution in [3.05, 3.63) is 27.1 Å². The SMILES string of the molecule is Cc1cc(=O)n2nc(CSc3nnc(NC[C@@H]4CCCO4)s3)sc2n1. The second kappa shape index (κ2) is 7.36. The van der Waals surface area contributed by atoms with Gasteiger partial charge in [-0.2, -0.15) is 9.61 Å². The number of nitrogens with one attached hydrogen (secondary N) is 1. The topological polar surface area (TPSA) is 94.3 Å². The van der Waals surface area contributed by atoms with Gasteiger partial charge in [0.2, 0.25) is 10.1 Å². The molecule has 0 amide bonds. The fraction of sp³-hybridized carbons (Fsp3) is 0.500. The largest absolute Gasteiger partial charge is 0.376 e. The summed E-state index contributed by atoms with van der Waals surface area (Å²) < 4.78 is 7.80. The van der Waals surface area contributed by atoms with Crippen molar-refractivity contribution < 1.29 is 4.74 Å². The van der Waals surface area contributed by atoms with E-state index in [1.807, 2.05) is 6.92 Å². The summed E-state index contributed by atoms with van der Waals surface area (Å²) in [6.45, 7) is 3.43. The van der Waals surface area contributed by atoms with Gasteiger partial charge in [0.05, 0.1) is 11.9 Å². The van der Waals surface area contributed by atoms with Crippen molar-refractivity contribution in [3.8, 4) is 0 Å². The van der Waals surface area contributed by atoms with E-state index in [0.717, 1.165) is 40.5 Å². The molecule has 1 aliphatic heterocycles. The van der Waals surface area contributed by atoms with E-state index < -0.39 is 0 Å². The molecule has 132 valence electrons. The first-order valence-corrected chi connectivity index (χ1v) is 10.5. The summed E-state index contributed by atoms with van der Waals surface area (Å²) in [6, 6.07) is 1.49. The van der Waals surface area contributed by atoms with Crippen LogP contribution in [0.3, 0.4) is 0 Å². The Kier molecular flexibility index (Phi) is 4.97. The summed E-state index contributed by atoms with van der Waals surface area (Å²) in [6.07, 6.45) is 2.50. The Morgan fingerprint density at radius 3 is 3.20 bits per heavy atom. The van der Waals surface area contributed by atoms with Crippen molar-refractivity contribution >= 4 is 44.5 Å². The Morgan fingerprint density at radius 1 is 1.44 bits per heavy atom. The van der Waals surface area contributed by atoms with Gasteiger partial charge in [0.1, 0.15) is 5.01 Å². The molecule has 25 heavy (non-hydrogen) atoms. The van der Waals surface area contributed by atoms with Crippen LogP contribution in [0.5, 0.6) is 0 Å². The maximum atomic E-state index is 11.9. The summed E-state index contributed by atoms with van der Waals surface area (Å²) in [5.74, 6) is 0.632. The van der Waals surface area contributed by atoms with Crippen molar-refractivity contribution in [3.63, 3.8) is 0 Å². The molecule has 0 saturated carbocycles. The number of fused-ring (bicyclic) bond motifs is 1. The molecule has 1 saturated heterocycles. The third-order valence-electron chi connectivity index (χ3n) is 3.65. The van der Waals surface area contributed by atoms with Crippen LogP contribution in [-0.2, 0) is 10.5 Å². The standard InChI is InChI=1S/C14H16N6O2S3/c1-8-5-11(21)20-13(16-8)24-10(19-20)7-23-14-18-17-12(25-14)15-6-9-3-2-4-22-9/h5,9H,2-4,6-7H2,1H3,(H,15,17)/t9-/m0/s1. The van der Waals surface area contributed by atoms with Crippen molar-refractivity contribution in [2.75, 3.05) is 18.5 Å². The van der Waals surface area contributed by atoms with E-state index in [0.29, 0.717) is 16.4 Å². The fourth-order valence-electron chi connectivity index (χ4n) is 2.49. The minimum Gasteiger partial charge on any atom is -0.376 e. The molecule has 1 N–H and O–H groups in total. The average molecular weight is 397 g/mol. The minimum atomic E-state index is -0.147. The molecule has 3 aromatic heterocycles. The van der Waals surface area contributed by atoms with E-state index in [2.05, 4.69) is 25.6 Å². The Morgan fingerprint density at radius 2 is 2.36 bits per heavy atom. The normalized spacial score (nSPS) is 17.4. The average Bonchev–Trinajstić information content (AvgIpc) is 3.31. The molecule has 1 aliphatic rings. The number of aromatic nitrogens is 5. The van der Waals surface area contributed by atoms with Crippen LogP contribution >= 0.6 is 34.4 Å². The summed E-state index contributed by atoms with van der Waals surface area (Å²) in [5, 5.41) is 17.6. The molecule has 0 aliphatic carbocycles. The first kappa shape index (κ1) is 16.9. The summed E-state index contributed by atoms with van der Waals surface area (Å²) >= 11 is 4.49. The highest BCUT2D eigenvalue weighted by atomic mass is 32.2. The number of aryl methyl sites for hydroxylation is 1. The van der Waals surface area contributed by atoms with Gasteiger partial charge >= 0.3 is 0 Å². The lowest BCUT2D eigenvalue weighted by molar-refractivity contribution is 0.120. The molecule has 3 aromatic rings. The van der Waals surface area contributed by atoms with Gasteiger partial charge in [-0.25, -0.2) is 4.98 Å². The second-order valence-corrected chi connectivity index (χ2v) is 8.84. The molecule has 4 heterocycles. The Bertz CT molecular complexity index is 930. The van der Waals surface area contributed by atoms with E-state index in [4.69, 9.17) is 4.74 Å². The molecular formula is C14H16N6O2S3. The maximum Gasteiger partial charge on any atom is 0.275 e. The summed E-state index contributed by atoms with van der Waals surface area (Å²) in [7, 11) is 0. The van der Waals surface area contributed by atoms with E-state index in [1.165, 1.54) is 33.3 Å². The van der Waals surface area contributed by atoms with Crippen LogP contribution < -0.4 is 10.9 Å². The Labute approximate surface area is 155 Å². The van der Waals surface area contributed by atoms with Crippen LogP contribution in [0.2, 0.25) is 0 Å².